The molecule has 1 amide bonds. The Kier molecular flexibility index (Phi) is 5.65. The first kappa shape index (κ1) is 16.9. The molecule has 0 radical (unpaired) electrons. The Hall–Kier alpha value is -2.47. The zero-order valence-electron chi connectivity index (χ0n) is 12.9. The maximum absolute atomic E-state index is 14.8. The third-order valence-electron chi connectivity index (χ3n) is 3.49. The van der Waals surface area contributed by atoms with Gasteiger partial charge in [-0.25, -0.2) is 9.82 Å². The summed E-state index contributed by atoms with van der Waals surface area (Å²) in [6.45, 7) is 5.60. The van der Waals surface area contributed by atoms with Crippen molar-refractivity contribution in [3.05, 3.63) is 47.8 Å². The van der Waals surface area contributed by atoms with Gasteiger partial charge >= 0.3 is 0 Å². The number of carbonyl (C=O) groups excluding carboxylic acids is 1. The molecule has 0 bridgehead atoms. The van der Waals surface area contributed by atoms with Crippen molar-refractivity contribution in [3.8, 4) is 5.75 Å². The lowest BCUT2D eigenvalue weighted by Crippen LogP contribution is -2.32. The van der Waals surface area contributed by atoms with Crippen molar-refractivity contribution in [2.45, 2.75) is 13.3 Å². The molecule has 1 unspecified atom stereocenters. The summed E-state index contributed by atoms with van der Waals surface area (Å²) < 4.78 is 20.2. The van der Waals surface area contributed by atoms with Crippen molar-refractivity contribution < 1.29 is 19.0 Å². The Morgan fingerprint density at radius 1 is 1.52 bits per heavy atom. The minimum atomic E-state index is -0.481. The Morgan fingerprint density at radius 2 is 2.30 bits per heavy atom. The van der Waals surface area contributed by atoms with Crippen LogP contribution in [0, 0.1) is 11.7 Å². The molecule has 1 aromatic carbocycles. The predicted molar refractivity (Wildman–Crippen MR) is 86.7 cm³/mol. The highest BCUT2D eigenvalue weighted by Gasteiger charge is 2.25. The summed E-state index contributed by atoms with van der Waals surface area (Å²) in [7, 11) is 0. The van der Waals surface area contributed by atoms with Gasteiger partial charge in [0.25, 0.3) is 0 Å². The lowest BCUT2D eigenvalue weighted by atomic mass is 9.92. The molecule has 23 heavy (non-hydrogen) atoms. The molecule has 0 aromatic heterocycles. The number of halogens is 1. The highest BCUT2D eigenvalue weighted by molar-refractivity contribution is 6.06. The highest BCUT2D eigenvalue weighted by Crippen LogP contribution is 2.28. The highest BCUT2D eigenvalue weighted by atomic mass is 19.1. The van der Waals surface area contributed by atoms with E-state index in [4.69, 9.17) is 9.84 Å². The van der Waals surface area contributed by atoms with Crippen molar-refractivity contribution in [2.24, 2.45) is 11.0 Å². The second-order valence-corrected chi connectivity index (χ2v) is 5.15. The van der Waals surface area contributed by atoms with Crippen LogP contribution in [0.15, 0.2) is 36.0 Å². The van der Waals surface area contributed by atoms with Gasteiger partial charge in [0.1, 0.15) is 18.2 Å². The van der Waals surface area contributed by atoms with E-state index in [1.807, 2.05) is 6.92 Å². The molecule has 2 N–H and O–H groups in total. The van der Waals surface area contributed by atoms with Crippen molar-refractivity contribution in [3.63, 3.8) is 0 Å². The van der Waals surface area contributed by atoms with Crippen LogP contribution >= 0.6 is 0 Å². The van der Waals surface area contributed by atoms with E-state index in [9.17, 15) is 9.18 Å². The molecule has 0 aliphatic carbocycles. The van der Waals surface area contributed by atoms with Crippen LogP contribution in [0.4, 0.5) is 4.39 Å². The summed E-state index contributed by atoms with van der Waals surface area (Å²) in [6, 6.07) is 3.23. The minimum absolute atomic E-state index is 0.0750. The molecule has 1 aliphatic rings. The van der Waals surface area contributed by atoms with Crippen molar-refractivity contribution in [1.29, 1.82) is 0 Å². The van der Waals surface area contributed by atoms with Gasteiger partial charge in [0.15, 0.2) is 0 Å². The topological polar surface area (TPSA) is 70.9 Å². The number of amides is 1. The average Bonchev–Trinajstić information content (AvgIpc) is 2.53. The number of rotatable bonds is 6. The summed E-state index contributed by atoms with van der Waals surface area (Å²) in [5, 5.41) is 12.6. The van der Waals surface area contributed by atoms with Crippen LogP contribution in [0.3, 0.4) is 0 Å². The van der Waals surface area contributed by atoms with Gasteiger partial charge in [0.2, 0.25) is 5.91 Å². The number of nitrogens with zero attached hydrogens (tertiary/aromatic N) is 1. The molecule has 0 saturated heterocycles. The lowest BCUT2D eigenvalue weighted by molar-refractivity contribution is -0.121. The second-order valence-electron chi connectivity index (χ2n) is 5.15. The number of nitrogens with one attached hydrogen (secondary N) is 1. The van der Waals surface area contributed by atoms with E-state index in [-0.39, 0.29) is 37.0 Å². The molecule has 1 heterocycles. The predicted octanol–water partition coefficient (Wildman–Crippen LogP) is 2.26. The summed E-state index contributed by atoms with van der Waals surface area (Å²) >= 11 is 0. The number of aliphatic hydroxyl groups is 1. The fraction of sp³-hybridized carbons (Fsp3) is 0.294. The Labute approximate surface area is 134 Å². The van der Waals surface area contributed by atoms with E-state index < -0.39 is 5.82 Å². The van der Waals surface area contributed by atoms with Crippen LogP contribution in [0.5, 0.6) is 5.75 Å². The molecule has 6 heteroatoms. The Bertz CT molecular complexity index is 668. The maximum Gasteiger partial charge on any atom is 0.240 e. The molecule has 1 atom stereocenters. The number of ether oxygens (including phenoxy) is 1. The molecule has 0 fully saturated rings. The van der Waals surface area contributed by atoms with Crippen LogP contribution < -0.4 is 10.2 Å². The molecule has 2 rings (SSSR count). The molecular weight excluding hydrogens is 299 g/mol. The first-order valence-electron chi connectivity index (χ1n) is 7.28. The number of benzene rings is 1. The SMILES string of the molecule is C=Cc1c(OC/C=C\CO)ccc(C2=NNC(=O)CC2C)c1F. The summed E-state index contributed by atoms with van der Waals surface area (Å²) in [4.78, 5) is 11.3. The van der Waals surface area contributed by atoms with Crippen molar-refractivity contribution in [1.82, 2.24) is 5.43 Å². The van der Waals surface area contributed by atoms with Gasteiger partial charge in [-0.1, -0.05) is 25.7 Å². The average molecular weight is 318 g/mol. The van der Waals surface area contributed by atoms with E-state index in [0.29, 0.717) is 17.0 Å². The molecule has 0 spiro atoms. The van der Waals surface area contributed by atoms with Gasteiger partial charge in [0.05, 0.1) is 17.9 Å². The fourth-order valence-corrected chi connectivity index (χ4v) is 2.35. The normalized spacial score (nSPS) is 17.8. The van der Waals surface area contributed by atoms with Gasteiger partial charge in [-0.05, 0) is 18.2 Å². The third kappa shape index (κ3) is 3.84. The largest absolute Gasteiger partial charge is 0.489 e. The zero-order valence-corrected chi connectivity index (χ0v) is 12.9. The maximum atomic E-state index is 14.8. The van der Waals surface area contributed by atoms with Crippen LogP contribution in [0.2, 0.25) is 0 Å². The first-order valence-corrected chi connectivity index (χ1v) is 7.28. The van der Waals surface area contributed by atoms with E-state index in [1.54, 1.807) is 24.3 Å². The minimum Gasteiger partial charge on any atom is -0.489 e. The van der Waals surface area contributed by atoms with E-state index in [0.717, 1.165) is 0 Å². The van der Waals surface area contributed by atoms with E-state index in [2.05, 4.69) is 17.1 Å². The summed E-state index contributed by atoms with van der Waals surface area (Å²) in [5.74, 6) is -0.473. The monoisotopic (exact) mass is 318 g/mol. The third-order valence-corrected chi connectivity index (χ3v) is 3.49. The number of hydrogen-bond donors (Lipinski definition) is 2. The van der Waals surface area contributed by atoms with Gasteiger partial charge in [-0.15, -0.1) is 0 Å². The standard InChI is InChI=1S/C17H19FN2O3/c1-3-12-14(23-9-5-4-8-21)7-6-13(16(12)18)17-11(2)10-15(22)19-20-17/h3-7,11,21H,1,8-10H2,2H3,(H,19,22)/b5-4-. The lowest BCUT2D eigenvalue weighted by Gasteiger charge is -2.20. The number of hydrazone groups is 1. The summed E-state index contributed by atoms with van der Waals surface area (Å²) in [5.41, 5.74) is 3.45. The molecule has 122 valence electrons. The molecule has 5 nitrogen and oxygen atoms in total. The van der Waals surface area contributed by atoms with Gasteiger partial charge in [-0.3, -0.25) is 4.79 Å². The van der Waals surface area contributed by atoms with Gasteiger partial charge in [-0.2, -0.15) is 5.10 Å². The number of carbonyl (C=O) groups is 1. The van der Waals surface area contributed by atoms with Crippen LogP contribution in [0.25, 0.3) is 6.08 Å². The zero-order chi connectivity index (χ0) is 16.8. The quantitative estimate of drug-likeness (QED) is 0.790. The first-order chi connectivity index (χ1) is 11.1. The fourth-order valence-electron chi connectivity index (χ4n) is 2.35. The summed E-state index contributed by atoms with van der Waals surface area (Å²) in [6.07, 6.45) is 4.84. The smallest absolute Gasteiger partial charge is 0.240 e. The molecule has 0 saturated carbocycles. The van der Waals surface area contributed by atoms with E-state index >= 15 is 0 Å². The molecule has 1 aliphatic heterocycles. The van der Waals surface area contributed by atoms with Gasteiger partial charge in [0, 0.05) is 17.9 Å². The molecule has 1 aromatic rings. The van der Waals surface area contributed by atoms with Gasteiger partial charge < -0.3 is 9.84 Å². The Balaban J connectivity index is 2.32. The number of hydrogen-bond acceptors (Lipinski definition) is 4. The molecular formula is C17H19FN2O3. The Morgan fingerprint density at radius 3 is 2.96 bits per heavy atom. The van der Waals surface area contributed by atoms with Crippen molar-refractivity contribution >= 4 is 17.7 Å². The number of aliphatic hydroxyl groups excluding tert-OH is 1. The van der Waals surface area contributed by atoms with Crippen LogP contribution in [-0.2, 0) is 4.79 Å². The second kappa shape index (κ2) is 7.69. The van der Waals surface area contributed by atoms with E-state index in [1.165, 1.54) is 6.08 Å². The van der Waals surface area contributed by atoms with Crippen molar-refractivity contribution in [2.75, 3.05) is 13.2 Å². The van der Waals surface area contributed by atoms with Crippen LogP contribution in [-0.4, -0.2) is 29.9 Å². The van der Waals surface area contributed by atoms with Crippen LogP contribution in [0.1, 0.15) is 24.5 Å².